The summed E-state index contributed by atoms with van der Waals surface area (Å²) in [5.41, 5.74) is 5.58. The van der Waals surface area contributed by atoms with Crippen LogP contribution < -0.4 is 15.4 Å². The van der Waals surface area contributed by atoms with Gasteiger partial charge in [-0.2, -0.15) is 0 Å². The van der Waals surface area contributed by atoms with E-state index in [4.69, 9.17) is 0 Å². The van der Waals surface area contributed by atoms with Gasteiger partial charge in [0, 0.05) is 38.8 Å². The number of likely N-dealkylation sites (N-methyl/N-ethyl adjacent to an activating group) is 1. The highest BCUT2D eigenvalue weighted by atomic mass is 32.2. The molecule has 0 aromatic rings. The van der Waals surface area contributed by atoms with E-state index >= 15 is 0 Å². The van der Waals surface area contributed by atoms with Crippen LogP contribution in [0.15, 0.2) is 63.9 Å². The van der Waals surface area contributed by atoms with Crippen LogP contribution in [0, 0.1) is 0 Å². The summed E-state index contributed by atoms with van der Waals surface area (Å²) in [5, 5.41) is 5.71. The zero-order valence-electron chi connectivity index (χ0n) is 21.6. The molecule has 0 fully saturated rings. The molecule has 0 aliphatic heterocycles. The summed E-state index contributed by atoms with van der Waals surface area (Å²) in [5.74, 6) is 0. The molecule has 190 valence electrons. The highest BCUT2D eigenvalue weighted by molar-refractivity contribution is 7.93. The third-order valence-corrected chi connectivity index (χ3v) is 6.77. The van der Waals surface area contributed by atoms with Gasteiger partial charge < -0.3 is 15.5 Å². The number of urea groups is 1. The Kier molecular flexibility index (Phi) is 13.3. The fourth-order valence-corrected chi connectivity index (χ4v) is 5.02. The van der Waals surface area contributed by atoms with E-state index in [-0.39, 0.29) is 30.1 Å². The molecule has 0 heterocycles. The van der Waals surface area contributed by atoms with E-state index in [9.17, 15) is 13.2 Å². The fourth-order valence-electron chi connectivity index (χ4n) is 3.72. The van der Waals surface area contributed by atoms with E-state index < -0.39 is 10.0 Å². The molecule has 3 N–H and O–H groups in total. The standard InChI is InChI=1S/C24H36N4O3S.C2H6/c1-5-11-19(12-6-2)27-24(29)25-17-18-26-32(30,31)23-16-10-8-13-20-21(23)14-7-9-15-22(20)28(3)4;1-2/h7-10,15-16,19,26H,5-6,11-12,14,17-18H2,1-4H3,(H2,25,27,29);1-2H3. The second kappa shape index (κ2) is 15.4. The van der Waals surface area contributed by atoms with Crippen molar-refractivity contribution in [2.24, 2.45) is 0 Å². The van der Waals surface area contributed by atoms with Crippen molar-refractivity contribution in [3.8, 4) is 0 Å². The molecule has 2 aliphatic rings. The van der Waals surface area contributed by atoms with Gasteiger partial charge in [0.15, 0.2) is 0 Å². The Hall–Kier alpha value is -2.54. The Bertz CT molecular complexity index is 960. The first-order valence-corrected chi connectivity index (χ1v) is 13.7. The minimum Gasteiger partial charge on any atom is -0.377 e. The summed E-state index contributed by atoms with van der Waals surface area (Å²) in [7, 11) is 0.0720. The van der Waals surface area contributed by atoms with Gasteiger partial charge in [-0.1, -0.05) is 58.8 Å². The third kappa shape index (κ3) is 9.01. The summed E-state index contributed by atoms with van der Waals surface area (Å²) >= 11 is 0. The van der Waals surface area contributed by atoms with Crippen molar-refractivity contribution >= 4 is 16.1 Å². The molecule has 0 aromatic carbocycles. The monoisotopic (exact) mass is 490 g/mol. The lowest BCUT2D eigenvalue weighted by Gasteiger charge is -2.21. The maximum absolute atomic E-state index is 13.1. The van der Waals surface area contributed by atoms with E-state index in [2.05, 4.69) is 34.9 Å². The smallest absolute Gasteiger partial charge is 0.315 e. The predicted octanol–water partition coefficient (Wildman–Crippen LogP) is 4.51. The Morgan fingerprint density at radius 2 is 1.79 bits per heavy atom. The van der Waals surface area contributed by atoms with Crippen LogP contribution in [0.1, 0.15) is 59.8 Å². The normalized spacial score (nSPS) is 14.9. The molecule has 0 saturated carbocycles. The van der Waals surface area contributed by atoms with Gasteiger partial charge in [0.1, 0.15) is 0 Å². The molecular formula is C26H42N4O3S. The largest absolute Gasteiger partial charge is 0.377 e. The van der Waals surface area contributed by atoms with Crippen LogP contribution in [0.3, 0.4) is 0 Å². The molecule has 0 spiro atoms. The molecule has 34 heavy (non-hydrogen) atoms. The van der Waals surface area contributed by atoms with Crippen LogP contribution in [-0.4, -0.2) is 52.6 Å². The number of carbonyl (C=O) groups excluding carboxylic acids is 1. The van der Waals surface area contributed by atoms with Gasteiger partial charge in [0.25, 0.3) is 0 Å². The second-order valence-corrected chi connectivity index (χ2v) is 9.77. The lowest BCUT2D eigenvalue weighted by molar-refractivity contribution is 0.235. The summed E-state index contributed by atoms with van der Waals surface area (Å²) in [4.78, 5) is 14.3. The Balaban J connectivity index is 0.00000281. The molecule has 0 unspecified atom stereocenters. The molecule has 2 rings (SSSR count). The number of sulfonamides is 1. The average molecular weight is 491 g/mol. The molecular weight excluding hydrogens is 448 g/mol. The maximum atomic E-state index is 13.1. The van der Waals surface area contributed by atoms with Gasteiger partial charge in [-0.15, -0.1) is 5.73 Å². The summed E-state index contributed by atoms with van der Waals surface area (Å²) in [6.45, 7) is 8.48. The first kappa shape index (κ1) is 29.5. The van der Waals surface area contributed by atoms with E-state index in [1.807, 2.05) is 51.1 Å². The molecule has 8 heteroatoms. The zero-order chi connectivity index (χ0) is 25.6. The molecule has 2 aliphatic carbocycles. The number of allylic oxidation sites excluding steroid dienone is 6. The van der Waals surface area contributed by atoms with Gasteiger partial charge in [-0.05, 0) is 43.1 Å². The lowest BCUT2D eigenvalue weighted by Crippen LogP contribution is -2.44. The van der Waals surface area contributed by atoms with Crippen molar-refractivity contribution in [2.75, 3.05) is 27.2 Å². The molecule has 0 radical (unpaired) electrons. The quantitative estimate of drug-likeness (QED) is 0.294. The van der Waals surface area contributed by atoms with Crippen LogP contribution in [0.4, 0.5) is 4.79 Å². The third-order valence-electron chi connectivity index (χ3n) is 5.22. The summed E-state index contributed by atoms with van der Waals surface area (Å²) in [6.07, 6.45) is 15.2. The number of hydrogen-bond donors (Lipinski definition) is 3. The van der Waals surface area contributed by atoms with Gasteiger partial charge in [0.2, 0.25) is 10.0 Å². The van der Waals surface area contributed by atoms with Crippen molar-refractivity contribution in [1.82, 2.24) is 20.3 Å². The van der Waals surface area contributed by atoms with E-state index in [1.54, 1.807) is 18.2 Å². The van der Waals surface area contributed by atoms with Crippen LogP contribution in [0.2, 0.25) is 0 Å². The Labute approximate surface area is 206 Å². The van der Waals surface area contributed by atoms with Crippen molar-refractivity contribution < 1.29 is 13.2 Å². The molecule has 0 saturated heterocycles. The van der Waals surface area contributed by atoms with Crippen LogP contribution >= 0.6 is 0 Å². The predicted molar refractivity (Wildman–Crippen MR) is 142 cm³/mol. The number of fused-ring (bicyclic) bond motifs is 1. The topological polar surface area (TPSA) is 90.5 Å². The SMILES string of the molecule is CC.CCCC(CCC)NC(=O)NCCNS(=O)(=O)C1=C2CC=CC=C(N(C)C)C2=C=CC=C1. The second-order valence-electron chi connectivity index (χ2n) is 8.04. The number of carbonyl (C=O) groups is 1. The van der Waals surface area contributed by atoms with E-state index in [1.165, 1.54) is 0 Å². The number of nitrogens with one attached hydrogen (secondary N) is 3. The highest BCUT2D eigenvalue weighted by Crippen LogP contribution is 2.32. The minimum absolute atomic E-state index is 0.102. The Morgan fingerprint density at radius 1 is 1.12 bits per heavy atom. The number of amides is 2. The number of hydrogen-bond acceptors (Lipinski definition) is 4. The van der Waals surface area contributed by atoms with Gasteiger partial charge in [-0.3, -0.25) is 0 Å². The summed E-state index contributed by atoms with van der Waals surface area (Å²) in [6, 6.07) is -0.124. The minimum atomic E-state index is -3.77. The van der Waals surface area contributed by atoms with Crippen LogP contribution in [0.25, 0.3) is 0 Å². The molecule has 0 bridgehead atoms. The van der Waals surface area contributed by atoms with E-state index in [0.29, 0.717) is 12.0 Å². The van der Waals surface area contributed by atoms with Gasteiger partial charge >= 0.3 is 6.03 Å². The zero-order valence-corrected chi connectivity index (χ0v) is 22.4. The van der Waals surface area contributed by atoms with Crippen molar-refractivity contribution in [3.05, 3.63) is 63.9 Å². The molecule has 0 aromatic heterocycles. The van der Waals surface area contributed by atoms with E-state index in [0.717, 1.165) is 37.0 Å². The first-order chi connectivity index (χ1) is 16.3. The lowest BCUT2D eigenvalue weighted by atomic mass is 10.0. The summed E-state index contributed by atoms with van der Waals surface area (Å²) < 4.78 is 28.8. The van der Waals surface area contributed by atoms with Crippen molar-refractivity contribution in [3.63, 3.8) is 0 Å². The molecule has 7 nitrogen and oxygen atoms in total. The van der Waals surface area contributed by atoms with Crippen molar-refractivity contribution in [1.29, 1.82) is 0 Å². The first-order valence-electron chi connectivity index (χ1n) is 12.3. The number of rotatable bonds is 11. The van der Waals surface area contributed by atoms with Gasteiger partial charge in [0.05, 0.1) is 10.6 Å². The average Bonchev–Trinajstić information content (AvgIpc) is 3.13. The van der Waals surface area contributed by atoms with Crippen molar-refractivity contribution in [2.45, 2.75) is 65.8 Å². The highest BCUT2D eigenvalue weighted by Gasteiger charge is 2.25. The van der Waals surface area contributed by atoms with Gasteiger partial charge in [-0.25, -0.2) is 17.9 Å². The van der Waals surface area contributed by atoms with Crippen LogP contribution in [-0.2, 0) is 10.0 Å². The fraction of sp³-hybridized carbons (Fsp3) is 0.538. The Morgan fingerprint density at radius 3 is 2.41 bits per heavy atom. The maximum Gasteiger partial charge on any atom is 0.315 e. The molecule has 0 atom stereocenters. The number of nitrogens with zero attached hydrogens (tertiary/aromatic N) is 1. The molecule has 2 amide bonds. The van der Waals surface area contributed by atoms with Crippen LogP contribution in [0.5, 0.6) is 0 Å².